The molecule has 0 unspecified atom stereocenters. The summed E-state index contributed by atoms with van der Waals surface area (Å²) in [4.78, 5) is 22.1. The number of benzene rings is 2. The number of nitro groups is 1. The number of ether oxygens (including phenoxy) is 2. The van der Waals surface area contributed by atoms with Crippen molar-refractivity contribution in [2.45, 2.75) is 6.10 Å². The van der Waals surface area contributed by atoms with Crippen LogP contribution in [0.5, 0.6) is 17.2 Å². The number of para-hydroxylation sites is 2. The lowest BCUT2D eigenvalue weighted by molar-refractivity contribution is -0.385. The molecule has 2 aromatic rings. The highest BCUT2D eigenvalue weighted by molar-refractivity contribution is 5.87. The minimum Gasteiger partial charge on any atom is -0.872 e. The van der Waals surface area contributed by atoms with Gasteiger partial charge in [-0.15, -0.1) is 0 Å². The average molecular weight is 342 g/mol. The van der Waals surface area contributed by atoms with Gasteiger partial charge in [-0.05, 0) is 17.7 Å². The van der Waals surface area contributed by atoms with Gasteiger partial charge in [0.25, 0.3) is 11.6 Å². The third kappa shape index (κ3) is 3.66. The summed E-state index contributed by atoms with van der Waals surface area (Å²) in [7, 11) is 0. The zero-order valence-electron chi connectivity index (χ0n) is 12.7. The normalized spacial score (nSPS) is 15.8. The minimum atomic E-state index is -0.899. The summed E-state index contributed by atoms with van der Waals surface area (Å²) in [6.07, 6.45) is 0.147. The fourth-order valence-electron chi connectivity index (χ4n) is 2.14. The van der Waals surface area contributed by atoms with Crippen LogP contribution < -0.4 is 20.0 Å². The van der Waals surface area contributed by atoms with Crippen molar-refractivity contribution < 1.29 is 24.3 Å². The molecule has 3 rings (SSSR count). The lowest BCUT2D eigenvalue weighted by Gasteiger charge is -2.24. The molecule has 0 bridgehead atoms. The van der Waals surface area contributed by atoms with Gasteiger partial charge in [0, 0.05) is 12.1 Å². The zero-order valence-corrected chi connectivity index (χ0v) is 12.7. The summed E-state index contributed by atoms with van der Waals surface area (Å²) in [5.41, 5.74) is 1.97. The van der Waals surface area contributed by atoms with Crippen molar-refractivity contribution >= 4 is 17.8 Å². The van der Waals surface area contributed by atoms with Gasteiger partial charge in [0.05, 0.1) is 11.1 Å². The number of hydrogen-bond acceptors (Lipinski definition) is 7. The summed E-state index contributed by atoms with van der Waals surface area (Å²) in [6, 6.07) is 10.2. The standard InChI is InChI=1S/C16H13N3O6/c20-12-6-5-11(19(22)23)7-10(12)8-17-18-16(21)15-9-24-13-3-1-2-4-14(13)25-15/h1-8,15,20H,9H2,(H,18,21)/p-1/b17-8-/t15-/m1/s1. The topological polar surface area (TPSA) is 126 Å². The van der Waals surface area contributed by atoms with Crippen LogP contribution in [0.15, 0.2) is 47.6 Å². The molecular formula is C16H12N3O6-. The Morgan fingerprint density at radius 3 is 2.80 bits per heavy atom. The molecule has 25 heavy (non-hydrogen) atoms. The Morgan fingerprint density at radius 2 is 2.04 bits per heavy atom. The number of nitro benzene ring substituents is 1. The van der Waals surface area contributed by atoms with Gasteiger partial charge in [-0.1, -0.05) is 23.9 Å². The van der Waals surface area contributed by atoms with E-state index in [2.05, 4.69) is 10.5 Å². The van der Waals surface area contributed by atoms with Crippen molar-refractivity contribution in [3.8, 4) is 17.2 Å². The molecule has 1 atom stereocenters. The molecule has 0 aliphatic carbocycles. The molecule has 0 radical (unpaired) electrons. The van der Waals surface area contributed by atoms with Crippen LogP contribution in [0.1, 0.15) is 5.56 Å². The molecular weight excluding hydrogens is 330 g/mol. The monoisotopic (exact) mass is 342 g/mol. The van der Waals surface area contributed by atoms with Crippen molar-refractivity contribution in [3.63, 3.8) is 0 Å². The minimum absolute atomic E-state index is 0.0133. The van der Waals surface area contributed by atoms with E-state index < -0.39 is 22.7 Å². The van der Waals surface area contributed by atoms with E-state index >= 15 is 0 Å². The molecule has 128 valence electrons. The first-order valence-corrected chi connectivity index (χ1v) is 7.21. The first kappa shape index (κ1) is 16.2. The van der Waals surface area contributed by atoms with Crippen LogP contribution >= 0.6 is 0 Å². The lowest BCUT2D eigenvalue weighted by atomic mass is 10.2. The summed E-state index contributed by atoms with van der Waals surface area (Å²) in [6.45, 7) is 0.0159. The van der Waals surface area contributed by atoms with Gasteiger partial charge in [-0.2, -0.15) is 5.10 Å². The van der Waals surface area contributed by atoms with E-state index in [4.69, 9.17) is 9.47 Å². The Bertz CT molecular complexity index is 852. The van der Waals surface area contributed by atoms with Crippen LogP contribution in [-0.4, -0.2) is 29.8 Å². The number of hydrazone groups is 1. The molecule has 0 spiro atoms. The lowest BCUT2D eigenvalue weighted by Crippen LogP contribution is -2.42. The maximum absolute atomic E-state index is 12.0. The van der Waals surface area contributed by atoms with Gasteiger partial charge in [-0.25, -0.2) is 5.43 Å². The number of carbonyl (C=O) groups is 1. The number of hydrogen-bond donors (Lipinski definition) is 1. The Labute approximate surface area is 141 Å². The average Bonchev–Trinajstić information content (AvgIpc) is 2.62. The molecule has 1 aliphatic heterocycles. The van der Waals surface area contributed by atoms with Gasteiger partial charge >= 0.3 is 0 Å². The van der Waals surface area contributed by atoms with Gasteiger partial charge in [0.2, 0.25) is 6.10 Å². The SMILES string of the molecule is O=C(N/N=C\c1cc([N+](=O)[O-])ccc1[O-])[C@H]1COc2ccccc2O1. The molecule has 0 aromatic heterocycles. The number of fused-ring (bicyclic) bond motifs is 1. The highest BCUT2D eigenvalue weighted by Crippen LogP contribution is 2.30. The van der Waals surface area contributed by atoms with E-state index in [0.29, 0.717) is 11.5 Å². The van der Waals surface area contributed by atoms with Crippen LogP contribution in [0.3, 0.4) is 0 Å². The Kier molecular flexibility index (Phi) is 4.46. The molecule has 0 fully saturated rings. The first-order chi connectivity index (χ1) is 12.0. The van der Waals surface area contributed by atoms with Crippen LogP contribution in [0.4, 0.5) is 5.69 Å². The van der Waals surface area contributed by atoms with E-state index in [1.165, 1.54) is 0 Å². The molecule has 1 heterocycles. The van der Waals surface area contributed by atoms with E-state index in [0.717, 1.165) is 24.4 Å². The summed E-state index contributed by atoms with van der Waals surface area (Å²) in [5, 5.41) is 26.0. The number of amides is 1. The summed E-state index contributed by atoms with van der Waals surface area (Å²) >= 11 is 0. The largest absolute Gasteiger partial charge is 0.872 e. The predicted octanol–water partition coefficient (Wildman–Crippen LogP) is 0.958. The van der Waals surface area contributed by atoms with Crippen molar-refractivity contribution in [2.75, 3.05) is 6.61 Å². The van der Waals surface area contributed by atoms with Crippen molar-refractivity contribution in [2.24, 2.45) is 5.10 Å². The maximum Gasteiger partial charge on any atom is 0.284 e. The van der Waals surface area contributed by atoms with Crippen LogP contribution in [-0.2, 0) is 4.79 Å². The van der Waals surface area contributed by atoms with E-state index in [1.54, 1.807) is 24.3 Å². The quantitative estimate of drug-likeness (QED) is 0.501. The molecule has 1 amide bonds. The predicted molar refractivity (Wildman–Crippen MR) is 84.6 cm³/mol. The third-order valence-electron chi connectivity index (χ3n) is 3.38. The molecule has 1 aliphatic rings. The zero-order chi connectivity index (χ0) is 17.8. The van der Waals surface area contributed by atoms with Crippen LogP contribution in [0.2, 0.25) is 0 Å². The number of non-ortho nitro benzene ring substituents is 1. The van der Waals surface area contributed by atoms with Gasteiger partial charge in [0.15, 0.2) is 11.5 Å². The number of nitrogens with zero attached hydrogens (tertiary/aromatic N) is 2. The summed E-state index contributed by atoms with van der Waals surface area (Å²) < 4.78 is 10.9. The van der Waals surface area contributed by atoms with Crippen LogP contribution in [0, 0.1) is 10.1 Å². The van der Waals surface area contributed by atoms with E-state index in [-0.39, 0.29) is 17.9 Å². The second-order valence-electron chi connectivity index (χ2n) is 5.08. The second-order valence-corrected chi connectivity index (χ2v) is 5.08. The molecule has 2 aromatic carbocycles. The number of nitrogens with one attached hydrogen (secondary N) is 1. The Balaban J connectivity index is 1.64. The maximum atomic E-state index is 12.0. The molecule has 1 N–H and O–H groups in total. The summed E-state index contributed by atoms with van der Waals surface area (Å²) in [5.74, 6) is -0.0283. The fraction of sp³-hybridized carbons (Fsp3) is 0.125. The van der Waals surface area contributed by atoms with Gasteiger partial charge in [0.1, 0.15) is 6.61 Å². The smallest absolute Gasteiger partial charge is 0.284 e. The molecule has 0 saturated heterocycles. The Hall–Kier alpha value is -3.62. The molecule has 0 saturated carbocycles. The van der Waals surface area contributed by atoms with Gasteiger partial charge < -0.3 is 14.6 Å². The van der Waals surface area contributed by atoms with Crippen molar-refractivity contribution in [1.29, 1.82) is 0 Å². The van der Waals surface area contributed by atoms with E-state index in [9.17, 15) is 20.0 Å². The van der Waals surface area contributed by atoms with Crippen molar-refractivity contribution in [1.82, 2.24) is 5.43 Å². The first-order valence-electron chi connectivity index (χ1n) is 7.21. The van der Waals surface area contributed by atoms with Crippen LogP contribution in [0.25, 0.3) is 0 Å². The molecule has 9 heteroatoms. The van der Waals surface area contributed by atoms with Gasteiger partial charge in [-0.3, -0.25) is 14.9 Å². The highest BCUT2D eigenvalue weighted by Gasteiger charge is 2.26. The molecule has 9 nitrogen and oxygen atoms in total. The number of carbonyl (C=O) groups excluding carboxylic acids is 1. The number of rotatable bonds is 4. The van der Waals surface area contributed by atoms with E-state index in [1.807, 2.05) is 0 Å². The highest BCUT2D eigenvalue weighted by atomic mass is 16.6. The fourth-order valence-corrected chi connectivity index (χ4v) is 2.14. The Morgan fingerprint density at radius 1 is 1.28 bits per heavy atom. The third-order valence-corrected chi connectivity index (χ3v) is 3.38. The van der Waals surface area contributed by atoms with Crippen molar-refractivity contribution in [3.05, 3.63) is 58.1 Å². The second kappa shape index (κ2) is 6.87.